The summed E-state index contributed by atoms with van der Waals surface area (Å²) in [4.78, 5) is 4.41. The van der Waals surface area contributed by atoms with Crippen LogP contribution in [0.4, 0.5) is 5.82 Å². The first kappa shape index (κ1) is 18.1. The van der Waals surface area contributed by atoms with Gasteiger partial charge in [0.25, 0.3) is 0 Å². The molecule has 136 valence electrons. The number of hydrogen-bond donors (Lipinski definition) is 1. The molecule has 0 aliphatic rings. The predicted molar refractivity (Wildman–Crippen MR) is 107 cm³/mol. The maximum Gasteiger partial charge on any atom is 0.166 e. The summed E-state index contributed by atoms with van der Waals surface area (Å²) in [6.45, 7) is 6.86. The standard InChI is InChI=1S/C22H26N2O2/c1-15-10-11-16(2)20(13-15)25-12-6-7-17(3)26-21-14-18-8-4-5-9-19(18)24-22(21)23/h4-5,8-11,13-14,17H,6-7,12H2,1-3H3,(H2,23,24). The molecule has 2 aromatic carbocycles. The lowest BCUT2D eigenvalue weighted by Crippen LogP contribution is -2.14. The third kappa shape index (κ3) is 4.45. The number of fused-ring (bicyclic) bond motifs is 1. The first-order chi connectivity index (χ1) is 12.5. The summed E-state index contributed by atoms with van der Waals surface area (Å²) >= 11 is 0. The molecule has 0 radical (unpaired) electrons. The predicted octanol–water partition coefficient (Wildman–Crippen LogP) is 5.06. The molecule has 0 amide bonds. The van der Waals surface area contributed by atoms with Gasteiger partial charge in [-0.2, -0.15) is 0 Å². The van der Waals surface area contributed by atoms with Crippen LogP contribution >= 0.6 is 0 Å². The highest BCUT2D eigenvalue weighted by molar-refractivity contribution is 5.82. The summed E-state index contributed by atoms with van der Waals surface area (Å²) in [5, 5.41) is 1.03. The molecule has 0 aliphatic heterocycles. The van der Waals surface area contributed by atoms with Gasteiger partial charge >= 0.3 is 0 Å². The van der Waals surface area contributed by atoms with Gasteiger partial charge in [0.1, 0.15) is 5.75 Å². The second-order valence-corrected chi connectivity index (χ2v) is 6.75. The molecule has 1 unspecified atom stereocenters. The summed E-state index contributed by atoms with van der Waals surface area (Å²) in [6, 6.07) is 16.1. The number of nitrogens with two attached hydrogens (primary N) is 1. The SMILES string of the molecule is Cc1ccc(C)c(OCCCC(C)Oc2cc3ccccc3nc2N)c1. The van der Waals surface area contributed by atoms with Gasteiger partial charge in [-0.25, -0.2) is 4.98 Å². The molecule has 0 fully saturated rings. The van der Waals surface area contributed by atoms with Crippen molar-refractivity contribution in [3.63, 3.8) is 0 Å². The Hall–Kier alpha value is -2.75. The van der Waals surface area contributed by atoms with Crippen LogP contribution in [0.2, 0.25) is 0 Å². The number of pyridine rings is 1. The number of aromatic nitrogens is 1. The van der Waals surface area contributed by atoms with E-state index in [1.807, 2.05) is 37.3 Å². The lowest BCUT2D eigenvalue weighted by atomic mass is 10.1. The fourth-order valence-electron chi connectivity index (χ4n) is 2.90. The van der Waals surface area contributed by atoms with Crippen molar-refractivity contribution in [2.45, 2.75) is 39.7 Å². The van der Waals surface area contributed by atoms with Crippen LogP contribution in [0, 0.1) is 13.8 Å². The number of nitrogens with zero attached hydrogens (tertiary/aromatic N) is 1. The van der Waals surface area contributed by atoms with E-state index in [0.717, 1.165) is 35.1 Å². The molecular weight excluding hydrogens is 324 g/mol. The second-order valence-electron chi connectivity index (χ2n) is 6.75. The molecule has 0 saturated carbocycles. The summed E-state index contributed by atoms with van der Waals surface area (Å²) in [7, 11) is 0. The maximum atomic E-state index is 6.04. The highest BCUT2D eigenvalue weighted by Gasteiger charge is 2.10. The van der Waals surface area contributed by atoms with Crippen LogP contribution < -0.4 is 15.2 Å². The number of benzene rings is 2. The number of anilines is 1. The van der Waals surface area contributed by atoms with Crippen LogP contribution in [0.5, 0.6) is 11.5 Å². The Balaban J connectivity index is 1.52. The van der Waals surface area contributed by atoms with Crippen molar-refractivity contribution in [3.05, 3.63) is 59.7 Å². The van der Waals surface area contributed by atoms with Gasteiger partial charge in [0, 0.05) is 5.39 Å². The summed E-state index contributed by atoms with van der Waals surface area (Å²) in [5.41, 5.74) is 9.29. The molecule has 0 saturated heterocycles. The monoisotopic (exact) mass is 350 g/mol. The second kappa shape index (κ2) is 8.09. The van der Waals surface area contributed by atoms with Gasteiger partial charge in [-0.3, -0.25) is 0 Å². The third-order valence-corrected chi connectivity index (χ3v) is 4.40. The van der Waals surface area contributed by atoms with Crippen LogP contribution in [0.25, 0.3) is 10.9 Å². The van der Waals surface area contributed by atoms with Crippen LogP contribution in [0.3, 0.4) is 0 Å². The van der Waals surface area contributed by atoms with Crippen molar-refractivity contribution in [1.29, 1.82) is 0 Å². The van der Waals surface area contributed by atoms with Gasteiger partial charge in [0.2, 0.25) is 0 Å². The van der Waals surface area contributed by atoms with Gasteiger partial charge in [0.15, 0.2) is 11.6 Å². The molecule has 0 bridgehead atoms. The number of ether oxygens (including phenoxy) is 2. The van der Waals surface area contributed by atoms with E-state index < -0.39 is 0 Å². The summed E-state index contributed by atoms with van der Waals surface area (Å²) in [6.07, 6.45) is 1.84. The van der Waals surface area contributed by atoms with E-state index in [1.165, 1.54) is 5.56 Å². The number of hydrogen-bond acceptors (Lipinski definition) is 4. The molecule has 1 atom stereocenters. The highest BCUT2D eigenvalue weighted by atomic mass is 16.5. The molecule has 4 nitrogen and oxygen atoms in total. The van der Waals surface area contributed by atoms with Crippen LogP contribution in [-0.2, 0) is 0 Å². The lowest BCUT2D eigenvalue weighted by Gasteiger charge is -2.17. The van der Waals surface area contributed by atoms with Crippen molar-refractivity contribution in [3.8, 4) is 11.5 Å². The first-order valence-corrected chi connectivity index (χ1v) is 9.05. The Morgan fingerprint density at radius 3 is 2.69 bits per heavy atom. The third-order valence-electron chi connectivity index (χ3n) is 4.40. The fourth-order valence-corrected chi connectivity index (χ4v) is 2.90. The number of aryl methyl sites for hydroxylation is 2. The van der Waals surface area contributed by atoms with Gasteiger partial charge < -0.3 is 15.2 Å². The van der Waals surface area contributed by atoms with Gasteiger partial charge in [-0.05, 0) is 62.9 Å². The van der Waals surface area contributed by atoms with Crippen molar-refractivity contribution in [2.24, 2.45) is 0 Å². The molecule has 4 heteroatoms. The number of nitrogen functional groups attached to an aromatic ring is 1. The molecular formula is C22H26N2O2. The molecule has 3 aromatic rings. The summed E-state index contributed by atoms with van der Waals surface area (Å²) < 4.78 is 11.9. The lowest BCUT2D eigenvalue weighted by molar-refractivity contribution is 0.194. The zero-order chi connectivity index (χ0) is 18.5. The topological polar surface area (TPSA) is 57.4 Å². The molecule has 26 heavy (non-hydrogen) atoms. The Bertz CT molecular complexity index is 892. The van der Waals surface area contributed by atoms with Gasteiger partial charge in [-0.1, -0.05) is 30.3 Å². The minimum atomic E-state index is 0.0440. The Kier molecular flexibility index (Phi) is 5.61. The highest BCUT2D eigenvalue weighted by Crippen LogP contribution is 2.26. The minimum absolute atomic E-state index is 0.0440. The molecule has 2 N–H and O–H groups in total. The van der Waals surface area contributed by atoms with E-state index in [1.54, 1.807) is 0 Å². The first-order valence-electron chi connectivity index (χ1n) is 9.05. The molecule has 1 aromatic heterocycles. The Labute approximate surface area is 155 Å². The quantitative estimate of drug-likeness (QED) is 0.605. The zero-order valence-corrected chi connectivity index (χ0v) is 15.7. The average Bonchev–Trinajstić information content (AvgIpc) is 2.62. The normalized spacial score (nSPS) is 12.1. The van der Waals surface area contributed by atoms with Crippen LogP contribution in [-0.4, -0.2) is 17.7 Å². The minimum Gasteiger partial charge on any atom is -0.493 e. The molecule has 0 spiro atoms. The van der Waals surface area contributed by atoms with Gasteiger partial charge in [0.05, 0.1) is 18.2 Å². The summed E-state index contributed by atoms with van der Waals surface area (Å²) in [5.74, 6) is 2.04. The number of para-hydroxylation sites is 1. The number of rotatable bonds is 7. The van der Waals surface area contributed by atoms with Crippen molar-refractivity contribution in [2.75, 3.05) is 12.3 Å². The van der Waals surface area contributed by atoms with E-state index in [0.29, 0.717) is 18.2 Å². The van der Waals surface area contributed by atoms with E-state index in [4.69, 9.17) is 15.2 Å². The van der Waals surface area contributed by atoms with Gasteiger partial charge in [-0.15, -0.1) is 0 Å². The van der Waals surface area contributed by atoms with E-state index in [9.17, 15) is 0 Å². The van der Waals surface area contributed by atoms with Crippen molar-refractivity contribution in [1.82, 2.24) is 4.98 Å². The fraction of sp³-hybridized carbons (Fsp3) is 0.318. The van der Waals surface area contributed by atoms with Crippen LogP contribution in [0.1, 0.15) is 30.9 Å². The molecule has 0 aliphatic carbocycles. The Morgan fingerprint density at radius 1 is 1.04 bits per heavy atom. The zero-order valence-electron chi connectivity index (χ0n) is 15.7. The maximum absolute atomic E-state index is 6.04. The van der Waals surface area contributed by atoms with E-state index in [-0.39, 0.29) is 6.10 Å². The van der Waals surface area contributed by atoms with E-state index in [2.05, 4.69) is 37.0 Å². The van der Waals surface area contributed by atoms with E-state index >= 15 is 0 Å². The molecule has 3 rings (SSSR count). The van der Waals surface area contributed by atoms with Crippen molar-refractivity contribution < 1.29 is 9.47 Å². The van der Waals surface area contributed by atoms with Crippen LogP contribution in [0.15, 0.2) is 48.5 Å². The molecule has 1 heterocycles. The smallest absolute Gasteiger partial charge is 0.166 e. The van der Waals surface area contributed by atoms with Crippen molar-refractivity contribution >= 4 is 16.7 Å². The average molecular weight is 350 g/mol. The Morgan fingerprint density at radius 2 is 1.85 bits per heavy atom. The largest absolute Gasteiger partial charge is 0.493 e.